The maximum Gasteiger partial charge on any atom is -0.00127 e. The molecule has 2 rings (SSSR count). The molecule has 0 heterocycles. The van der Waals surface area contributed by atoms with E-state index in [2.05, 4.69) is 49.9 Å². The Morgan fingerprint density at radius 2 is 2.07 bits per heavy atom. The molecule has 0 bridgehead atoms. The molecule has 0 amide bonds. The number of benzene rings is 1. The van der Waals surface area contributed by atoms with E-state index in [1.54, 1.807) is 0 Å². The third-order valence-corrected chi connectivity index (χ3v) is 3.75. The lowest BCUT2D eigenvalue weighted by molar-refractivity contribution is 0.407. The van der Waals surface area contributed by atoms with Crippen molar-refractivity contribution in [1.29, 1.82) is 0 Å². The molecule has 0 heteroatoms. The van der Waals surface area contributed by atoms with E-state index in [9.17, 15) is 0 Å². The highest BCUT2D eigenvalue weighted by molar-refractivity contribution is 5.28. The molecule has 0 aliphatic heterocycles. The molecule has 74 valence electrons. The van der Waals surface area contributed by atoms with Crippen molar-refractivity contribution in [2.45, 2.75) is 31.6 Å². The molecular weight excluding hydrogens is 168 g/mol. The molecule has 0 radical (unpaired) electrons. The van der Waals surface area contributed by atoms with E-state index >= 15 is 0 Å². The van der Waals surface area contributed by atoms with Crippen LogP contribution in [0.2, 0.25) is 0 Å². The molecule has 1 aliphatic rings. The van der Waals surface area contributed by atoms with Gasteiger partial charge in [-0.1, -0.05) is 49.8 Å². The van der Waals surface area contributed by atoms with Crippen LogP contribution >= 0.6 is 0 Å². The second kappa shape index (κ2) is 3.61. The molecule has 0 spiro atoms. The van der Waals surface area contributed by atoms with E-state index in [1.165, 1.54) is 24.8 Å². The van der Waals surface area contributed by atoms with E-state index in [4.69, 9.17) is 0 Å². The minimum Gasteiger partial charge on any atom is -0.103 e. The summed E-state index contributed by atoms with van der Waals surface area (Å²) in [5, 5.41) is 0. The summed E-state index contributed by atoms with van der Waals surface area (Å²) in [5.41, 5.74) is 1.81. The van der Waals surface area contributed by atoms with Crippen LogP contribution in [0.15, 0.2) is 43.0 Å². The molecule has 1 aromatic carbocycles. The van der Waals surface area contributed by atoms with Crippen molar-refractivity contribution in [3.05, 3.63) is 48.6 Å². The van der Waals surface area contributed by atoms with Crippen LogP contribution < -0.4 is 0 Å². The van der Waals surface area contributed by atoms with Gasteiger partial charge in [0, 0.05) is 0 Å². The Morgan fingerprint density at radius 1 is 1.36 bits per heavy atom. The molecule has 1 aromatic rings. The molecule has 0 unspecified atom stereocenters. The van der Waals surface area contributed by atoms with Gasteiger partial charge >= 0.3 is 0 Å². The second-order valence-electron chi connectivity index (χ2n) is 4.52. The molecule has 1 fully saturated rings. The van der Waals surface area contributed by atoms with Crippen molar-refractivity contribution in [1.82, 2.24) is 0 Å². The Morgan fingerprint density at radius 3 is 2.71 bits per heavy atom. The van der Waals surface area contributed by atoms with Gasteiger partial charge in [-0.25, -0.2) is 0 Å². The highest BCUT2D eigenvalue weighted by Crippen LogP contribution is 2.45. The molecule has 14 heavy (non-hydrogen) atoms. The van der Waals surface area contributed by atoms with Crippen LogP contribution in [-0.2, 0) is 5.41 Å². The summed E-state index contributed by atoms with van der Waals surface area (Å²) in [7, 11) is 0. The third kappa shape index (κ3) is 1.39. The van der Waals surface area contributed by atoms with Crippen LogP contribution in [0.1, 0.15) is 31.7 Å². The van der Waals surface area contributed by atoms with Gasteiger partial charge in [0.2, 0.25) is 0 Å². The summed E-state index contributed by atoms with van der Waals surface area (Å²) in [6.07, 6.45) is 6.07. The maximum atomic E-state index is 3.96. The molecule has 1 saturated carbocycles. The van der Waals surface area contributed by atoms with E-state index in [-0.39, 0.29) is 0 Å². The predicted octanol–water partition coefficient (Wildman–Crippen LogP) is 3.93. The molecule has 0 aromatic heterocycles. The van der Waals surface area contributed by atoms with Crippen LogP contribution in [0.4, 0.5) is 0 Å². The van der Waals surface area contributed by atoms with Gasteiger partial charge < -0.3 is 0 Å². The van der Waals surface area contributed by atoms with Crippen molar-refractivity contribution in [2.24, 2.45) is 5.92 Å². The molecule has 2 atom stereocenters. The maximum absolute atomic E-state index is 3.96. The third-order valence-electron chi connectivity index (χ3n) is 3.75. The first kappa shape index (κ1) is 9.51. The van der Waals surface area contributed by atoms with Crippen LogP contribution in [0.25, 0.3) is 0 Å². The first-order valence-electron chi connectivity index (χ1n) is 5.45. The summed E-state index contributed by atoms with van der Waals surface area (Å²) in [6, 6.07) is 10.9. The highest BCUT2D eigenvalue weighted by atomic mass is 14.4. The molecule has 1 aliphatic carbocycles. The number of hydrogen-bond donors (Lipinski definition) is 0. The SMILES string of the molecule is C=C[C@H]1CCC[C@@]1(C)c1ccccc1. The fourth-order valence-electron chi connectivity index (χ4n) is 2.75. The lowest BCUT2D eigenvalue weighted by Gasteiger charge is -2.30. The summed E-state index contributed by atoms with van der Waals surface area (Å²) in [4.78, 5) is 0. The van der Waals surface area contributed by atoms with E-state index in [1.807, 2.05) is 0 Å². The van der Waals surface area contributed by atoms with Crippen molar-refractivity contribution in [3.8, 4) is 0 Å². The largest absolute Gasteiger partial charge is 0.103 e. The zero-order valence-corrected chi connectivity index (χ0v) is 8.87. The summed E-state index contributed by atoms with van der Waals surface area (Å²) in [6.45, 7) is 6.34. The van der Waals surface area contributed by atoms with Gasteiger partial charge in [0.05, 0.1) is 0 Å². The lowest BCUT2D eigenvalue weighted by atomic mass is 9.74. The van der Waals surface area contributed by atoms with E-state index in [0.717, 1.165) is 0 Å². The molecule has 0 N–H and O–H groups in total. The van der Waals surface area contributed by atoms with Crippen molar-refractivity contribution < 1.29 is 0 Å². The predicted molar refractivity (Wildman–Crippen MR) is 61.3 cm³/mol. The van der Waals surface area contributed by atoms with Gasteiger partial charge in [-0.05, 0) is 29.7 Å². The van der Waals surface area contributed by atoms with Crippen molar-refractivity contribution in [3.63, 3.8) is 0 Å². The molecule has 0 saturated heterocycles. The monoisotopic (exact) mass is 186 g/mol. The zero-order chi connectivity index (χ0) is 10.0. The van der Waals surface area contributed by atoms with Gasteiger partial charge in [-0.3, -0.25) is 0 Å². The normalized spacial score (nSPS) is 31.6. The average molecular weight is 186 g/mol. The fraction of sp³-hybridized carbons (Fsp3) is 0.429. The zero-order valence-electron chi connectivity index (χ0n) is 8.87. The minimum absolute atomic E-state index is 0.336. The molecular formula is C14H18. The summed E-state index contributed by atoms with van der Waals surface area (Å²) in [5.74, 6) is 0.657. The Hall–Kier alpha value is -1.04. The lowest BCUT2D eigenvalue weighted by Crippen LogP contribution is -2.25. The van der Waals surface area contributed by atoms with Gasteiger partial charge in [-0.15, -0.1) is 6.58 Å². The number of hydrogen-bond acceptors (Lipinski definition) is 0. The highest BCUT2D eigenvalue weighted by Gasteiger charge is 2.37. The van der Waals surface area contributed by atoms with Gasteiger partial charge in [0.25, 0.3) is 0 Å². The quantitative estimate of drug-likeness (QED) is 0.614. The summed E-state index contributed by atoms with van der Waals surface area (Å²) >= 11 is 0. The Balaban J connectivity index is 2.36. The Kier molecular flexibility index (Phi) is 2.45. The number of allylic oxidation sites excluding steroid dienone is 1. The Bertz CT molecular complexity index is 312. The van der Waals surface area contributed by atoms with Crippen LogP contribution in [-0.4, -0.2) is 0 Å². The van der Waals surface area contributed by atoms with E-state index in [0.29, 0.717) is 11.3 Å². The topological polar surface area (TPSA) is 0 Å². The summed E-state index contributed by atoms with van der Waals surface area (Å²) < 4.78 is 0. The first-order valence-corrected chi connectivity index (χ1v) is 5.45. The average Bonchev–Trinajstić information content (AvgIpc) is 2.62. The molecule has 0 nitrogen and oxygen atoms in total. The smallest absolute Gasteiger partial charge is 0.00127 e. The van der Waals surface area contributed by atoms with Crippen LogP contribution in [0.3, 0.4) is 0 Å². The van der Waals surface area contributed by atoms with Crippen molar-refractivity contribution >= 4 is 0 Å². The van der Waals surface area contributed by atoms with Crippen LogP contribution in [0.5, 0.6) is 0 Å². The van der Waals surface area contributed by atoms with E-state index < -0.39 is 0 Å². The minimum atomic E-state index is 0.336. The van der Waals surface area contributed by atoms with Crippen LogP contribution in [0, 0.1) is 5.92 Å². The Labute approximate surface area is 86.7 Å². The fourth-order valence-corrected chi connectivity index (χ4v) is 2.75. The number of rotatable bonds is 2. The first-order chi connectivity index (χ1) is 6.77. The second-order valence-corrected chi connectivity index (χ2v) is 4.52. The van der Waals surface area contributed by atoms with Crippen molar-refractivity contribution in [2.75, 3.05) is 0 Å². The van der Waals surface area contributed by atoms with Gasteiger partial charge in [0.1, 0.15) is 0 Å². The van der Waals surface area contributed by atoms with Gasteiger partial charge in [-0.2, -0.15) is 0 Å². The van der Waals surface area contributed by atoms with Gasteiger partial charge in [0.15, 0.2) is 0 Å². The standard InChI is InChI=1S/C14H18/c1-3-12-10-7-11-14(12,2)13-8-5-4-6-9-13/h3-6,8-9,12H,1,7,10-11H2,2H3/t12-,14+/m0/s1.